The Labute approximate surface area is 96.2 Å². The molecular weight excluding hydrogens is 258 g/mol. The van der Waals surface area contributed by atoms with Crippen molar-refractivity contribution in [3.05, 3.63) is 10.2 Å². The minimum absolute atomic E-state index is 0.164. The first kappa shape index (κ1) is 13.7. The predicted molar refractivity (Wildman–Crippen MR) is 65.5 cm³/mol. The van der Waals surface area contributed by atoms with Crippen LogP contribution in [0, 0.1) is 11.3 Å². The van der Waals surface area contributed by atoms with Crippen LogP contribution in [0.4, 0.5) is 0 Å². The maximum atomic E-state index is 8.69. The fourth-order valence-corrected chi connectivity index (χ4v) is 2.06. The Hall–Kier alpha value is -0.273. The highest BCUT2D eigenvalue weighted by Gasteiger charge is 2.39. The minimum Gasteiger partial charge on any atom is -0.545 e. The van der Waals surface area contributed by atoms with Crippen LogP contribution in [0.3, 0.4) is 0 Å². The molecule has 0 amide bonds. The second-order valence-corrected chi connectivity index (χ2v) is 10.4. The first-order valence-corrected chi connectivity index (χ1v) is 8.27. The molecule has 0 aromatic rings. The molecule has 4 heteroatoms. The maximum absolute atomic E-state index is 8.69. The van der Waals surface area contributed by atoms with E-state index in [0.29, 0.717) is 10.2 Å². The number of halogens is 1. The largest absolute Gasteiger partial charge is 0.545 e. The fourth-order valence-electron chi connectivity index (χ4n) is 0.659. The lowest BCUT2D eigenvalue weighted by Gasteiger charge is -2.36. The van der Waals surface area contributed by atoms with Crippen LogP contribution in [0.2, 0.25) is 18.1 Å². The Morgan fingerprint density at radius 3 is 2.07 bits per heavy atom. The zero-order chi connectivity index (χ0) is 11.6. The van der Waals surface area contributed by atoms with Gasteiger partial charge in [0.05, 0.1) is 0 Å². The molecule has 0 fully saturated rings. The SMILES string of the molecule is C/C(O[Si](C)(C)C(C)(C)C)=C(\Br)C#N. The minimum atomic E-state index is -1.79. The number of nitrogens with zero attached hydrogens (tertiary/aromatic N) is 1. The standard InChI is InChI=1S/C10H18BrNOSi/c1-8(9(11)7-12)13-14(5,6)10(2,3)4/h1-6H3/b9-8+. The van der Waals surface area contributed by atoms with Gasteiger partial charge in [0, 0.05) is 0 Å². The van der Waals surface area contributed by atoms with E-state index in [1.54, 1.807) is 0 Å². The summed E-state index contributed by atoms with van der Waals surface area (Å²) in [5.41, 5.74) is 0. The number of allylic oxidation sites excluding steroid dienone is 2. The molecule has 0 saturated carbocycles. The molecule has 0 aliphatic rings. The highest BCUT2D eigenvalue weighted by molar-refractivity contribution is 9.12. The molecule has 2 nitrogen and oxygen atoms in total. The molecule has 80 valence electrons. The van der Waals surface area contributed by atoms with Gasteiger partial charge in [-0.3, -0.25) is 0 Å². The summed E-state index contributed by atoms with van der Waals surface area (Å²) in [5, 5.41) is 8.85. The second kappa shape index (κ2) is 4.50. The van der Waals surface area contributed by atoms with Crippen molar-refractivity contribution >= 4 is 24.2 Å². The zero-order valence-electron chi connectivity index (χ0n) is 9.73. The summed E-state index contributed by atoms with van der Waals surface area (Å²) in [6.07, 6.45) is 0. The molecule has 0 aliphatic carbocycles. The molecule has 0 aromatic carbocycles. The smallest absolute Gasteiger partial charge is 0.250 e. The fraction of sp³-hybridized carbons (Fsp3) is 0.700. The third kappa shape index (κ3) is 3.47. The van der Waals surface area contributed by atoms with E-state index in [0.717, 1.165) is 0 Å². The van der Waals surface area contributed by atoms with E-state index in [-0.39, 0.29) is 5.04 Å². The lowest BCUT2D eigenvalue weighted by Crippen LogP contribution is -2.40. The summed E-state index contributed by atoms with van der Waals surface area (Å²) in [6.45, 7) is 12.7. The van der Waals surface area contributed by atoms with E-state index in [2.05, 4.69) is 49.8 Å². The average Bonchev–Trinajstić information content (AvgIpc) is 2.00. The van der Waals surface area contributed by atoms with Crippen molar-refractivity contribution in [1.82, 2.24) is 0 Å². The van der Waals surface area contributed by atoms with E-state index < -0.39 is 8.32 Å². The Kier molecular flexibility index (Phi) is 4.41. The molecule has 0 bridgehead atoms. The van der Waals surface area contributed by atoms with E-state index in [9.17, 15) is 0 Å². The average molecular weight is 276 g/mol. The van der Waals surface area contributed by atoms with Gasteiger partial charge >= 0.3 is 0 Å². The summed E-state index contributed by atoms with van der Waals surface area (Å²) >= 11 is 3.18. The molecule has 0 unspecified atom stereocenters. The van der Waals surface area contributed by atoms with Gasteiger partial charge in [0.25, 0.3) is 0 Å². The van der Waals surface area contributed by atoms with Crippen LogP contribution >= 0.6 is 15.9 Å². The highest BCUT2D eigenvalue weighted by Crippen LogP contribution is 2.38. The molecule has 0 spiro atoms. The summed E-state index contributed by atoms with van der Waals surface area (Å²) in [7, 11) is -1.79. The third-order valence-electron chi connectivity index (χ3n) is 2.62. The van der Waals surface area contributed by atoms with Gasteiger partial charge in [-0.2, -0.15) is 5.26 Å². The molecule has 0 aliphatic heterocycles. The Morgan fingerprint density at radius 1 is 1.36 bits per heavy atom. The molecule has 0 radical (unpaired) electrons. The van der Waals surface area contributed by atoms with Crippen LogP contribution in [0.1, 0.15) is 27.7 Å². The van der Waals surface area contributed by atoms with Gasteiger partial charge in [0.1, 0.15) is 16.3 Å². The van der Waals surface area contributed by atoms with E-state index in [4.69, 9.17) is 9.69 Å². The number of hydrogen-bond acceptors (Lipinski definition) is 2. The molecule has 0 heterocycles. The monoisotopic (exact) mass is 275 g/mol. The molecule has 0 aromatic heterocycles. The van der Waals surface area contributed by atoms with E-state index in [1.807, 2.05) is 13.0 Å². The third-order valence-corrected chi connectivity index (χ3v) is 7.79. The van der Waals surface area contributed by atoms with Crippen LogP contribution in [-0.4, -0.2) is 8.32 Å². The van der Waals surface area contributed by atoms with Crippen LogP contribution in [-0.2, 0) is 4.43 Å². The zero-order valence-corrected chi connectivity index (χ0v) is 12.3. The summed E-state index contributed by atoms with van der Waals surface area (Å²) in [5.74, 6) is 0.694. The van der Waals surface area contributed by atoms with E-state index in [1.165, 1.54) is 0 Å². The summed E-state index contributed by atoms with van der Waals surface area (Å²) < 4.78 is 6.39. The van der Waals surface area contributed by atoms with Crippen molar-refractivity contribution in [1.29, 1.82) is 5.26 Å². The van der Waals surface area contributed by atoms with Crippen molar-refractivity contribution in [3.8, 4) is 6.07 Å². The topological polar surface area (TPSA) is 33.0 Å². The Balaban J connectivity index is 4.80. The van der Waals surface area contributed by atoms with Crippen molar-refractivity contribution in [3.63, 3.8) is 0 Å². The molecular formula is C10H18BrNOSi. The summed E-state index contributed by atoms with van der Waals surface area (Å²) in [6, 6.07) is 2.03. The van der Waals surface area contributed by atoms with Crippen molar-refractivity contribution in [2.75, 3.05) is 0 Å². The van der Waals surface area contributed by atoms with Gasteiger partial charge in [-0.1, -0.05) is 20.8 Å². The molecule has 0 N–H and O–H groups in total. The molecule has 0 atom stereocenters. The van der Waals surface area contributed by atoms with Crippen molar-refractivity contribution in [2.24, 2.45) is 0 Å². The van der Waals surface area contributed by atoms with Crippen LogP contribution in [0.5, 0.6) is 0 Å². The number of rotatable bonds is 2. The van der Waals surface area contributed by atoms with Crippen LogP contribution in [0.15, 0.2) is 10.2 Å². The number of nitriles is 1. The van der Waals surface area contributed by atoms with Gasteiger partial charge < -0.3 is 4.43 Å². The lowest BCUT2D eigenvalue weighted by atomic mass is 10.2. The van der Waals surface area contributed by atoms with Gasteiger partial charge in [0.2, 0.25) is 8.32 Å². The van der Waals surface area contributed by atoms with Gasteiger partial charge in [-0.15, -0.1) is 0 Å². The number of hydrogen-bond donors (Lipinski definition) is 0. The first-order chi connectivity index (χ1) is 6.12. The predicted octanol–water partition coefficient (Wildman–Crippen LogP) is 4.16. The normalized spacial score (nSPS) is 14.4. The Bertz CT molecular complexity index is 283. The highest BCUT2D eigenvalue weighted by atomic mass is 79.9. The Morgan fingerprint density at radius 2 is 1.79 bits per heavy atom. The molecule has 0 rings (SSSR count). The summed E-state index contributed by atoms with van der Waals surface area (Å²) in [4.78, 5) is 0. The van der Waals surface area contributed by atoms with Gasteiger partial charge in [0.15, 0.2) is 0 Å². The van der Waals surface area contributed by atoms with Gasteiger partial charge in [-0.25, -0.2) is 0 Å². The van der Waals surface area contributed by atoms with Crippen molar-refractivity contribution in [2.45, 2.75) is 45.8 Å². The molecule has 14 heavy (non-hydrogen) atoms. The van der Waals surface area contributed by atoms with Crippen LogP contribution in [0.25, 0.3) is 0 Å². The first-order valence-electron chi connectivity index (χ1n) is 4.57. The van der Waals surface area contributed by atoms with Crippen molar-refractivity contribution < 1.29 is 4.43 Å². The van der Waals surface area contributed by atoms with Gasteiger partial charge in [-0.05, 0) is 41.0 Å². The van der Waals surface area contributed by atoms with Crippen LogP contribution < -0.4 is 0 Å². The van der Waals surface area contributed by atoms with E-state index >= 15 is 0 Å². The lowest BCUT2D eigenvalue weighted by molar-refractivity contribution is 0.386. The second-order valence-electron chi connectivity index (χ2n) is 4.84. The molecule has 0 saturated heterocycles. The maximum Gasteiger partial charge on any atom is 0.250 e. The quantitative estimate of drug-likeness (QED) is 0.431.